The fraction of sp³-hybridized carbons (Fsp3) is 0.909. The Morgan fingerprint density at radius 3 is 2.57 bits per heavy atom. The summed E-state index contributed by atoms with van der Waals surface area (Å²) in [6.45, 7) is 8.01. The first-order valence-corrected chi connectivity index (χ1v) is 5.99. The first-order valence-electron chi connectivity index (χ1n) is 5.58. The first kappa shape index (κ1) is 11.9. The van der Waals surface area contributed by atoms with E-state index in [-0.39, 0.29) is 0 Å². The van der Waals surface area contributed by atoms with Gasteiger partial charge in [-0.05, 0) is 24.7 Å². The van der Waals surface area contributed by atoms with Gasteiger partial charge in [0.25, 0.3) is 0 Å². The van der Waals surface area contributed by atoms with Gasteiger partial charge in [-0.25, -0.2) is 0 Å². The lowest BCUT2D eigenvalue weighted by molar-refractivity contribution is 0.241. The third-order valence-corrected chi connectivity index (χ3v) is 2.72. The molecule has 1 aliphatic rings. The van der Waals surface area contributed by atoms with E-state index in [0.29, 0.717) is 4.99 Å². The van der Waals surface area contributed by atoms with Gasteiger partial charge in [0.1, 0.15) is 0 Å². The molecule has 0 aromatic rings. The van der Waals surface area contributed by atoms with Crippen molar-refractivity contribution in [2.24, 2.45) is 17.6 Å². The molecule has 0 aliphatic heterocycles. The molecule has 3 heteroatoms. The van der Waals surface area contributed by atoms with Crippen molar-refractivity contribution in [1.29, 1.82) is 0 Å². The maximum absolute atomic E-state index is 5.52. The summed E-state index contributed by atoms with van der Waals surface area (Å²) in [7, 11) is 0. The van der Waals surface area contributed by atoms with E-state index in [4.69, 9.17) is 18.0 Å². The molecule has 0 saturated heterocycles. The minimum atomic E-state index is 0.648. The van der Waals surface area contributed by atoms with Crippen LogP contribution in [0.25, 0.3) is 0 Å². The molecular weight excluding hydrogens is 192 g/mol. The fourth-order valence-electron chi connectivity index (χ4n) is 1.71. The zero-order valence-corrected chi connectivity index (χ0v) is 10.1. The lowest BCUT2D eigenvalue weighted by Gasteiger charge is -2.23. The van der Waals surface area contributed by atoms with Crippen molar-refractivity contribution < 1.29 is 0 Å². The van der Waals surface area contributed by atoms with Crippen molar-refractivity contribution in [2.75, 3.05) is 19.6 Å². The Balaban J connectivity index is 2.23. The largest absolute Gasteiger partial charge is 0.393 e. The summed E-state index contributed by atoms with van der Waals surface area (Å²) in [6.07, 6.45) is 3.71. The average Bonchev–Trinajstić information content (AvgIpc) is 2.83. The van der Waals surface area contributed by atoms with Gasteiger partial charge in [0.05, 0.1) is 4.99 Å². The first-order chi connectivity index (χ1) is 6.58. The highest BCUT2D eigenvalue weighted by Gasteiger charge is 2.24. The molecule has 0 spiro atoms. The van der Waals surface area contributed by atoms with Crippen molar-refractivity contribution in [1.82, 2.24) is 4.90 Å². The van der Waals surface area contributed by atoms with E-state index in [1.54, 1.807) is 0 Å². The molecule has 0 radical (unpaired) electrons. The van der Waals surface area contributed by atoms with Crippen LogP contribution in [-0.4, -0.2) is 29.5 Å². The van der Waals surface area contributed by atoms with Crippen molar-refractivity contribution in [2.45, 2.75) is 33.1 Å². The molecule has 2 N–H and O–H groups in total. The Bertz CT molecular complexity index is 184. The summed E-state index contributed by atoms with van der Waals surface area (Å²) >= 11 is 4.91. The van der Waals surface area contributed by atoms with E-state index in [2.05, 4.69) is 18.7 Å². The highest BCUT2D eigenvalue weighted by atomic mass is 32.1. The molecule has 1 saturated carbocycles. The Labute approximate surface area is 92.8 Å². The van der Waals surface area contributed by atoms with Gasteiger partial charge in [0.2, 0.25) is 0 Å². The second-order valence-electron chi connectivity index (χ2n) is 4.81. The van der Waals surface area contributed by atoms with Crippen molar-refractivity contribution in [3.63, 3.8) is 0 Å². The highest BCUT2D eigenvalue weighted by molar-refractivity contribution is 7.80. The number of thiocarbonyl (C=S) groups is 1. The van der Waals surface area contributed by atoms with Gasteiger partial charge in [-0.15, -0.1) is 0 Å². The molecule has 0 amide bonds. The SMILES string of the molecule is CC(C)CN(CCC(N)=S)CC1CC1. The smallest absolute Gasteiger partial charge is 0.0740 e. The summed E-state index contributed by atoms with van der Waals surface area (Å²) in [4.78, 5) is 3.16. The maximum Gasteiger partial charge on any atom is 0.0740 e. The standard InChI is InChI=1S/C11H22N2S/c1-9(2)7-13(6-5-11(12)14)8-10-3-4-10/h9-10H,3-8H2,1-2H3,(H2,12,14). The second-order valence-corrected chi connectivity index (χ2v) is 5.34. The Kier molecular flexibility index (Phi) is 4.82. The molecule has 2 nitrogen and oxygen atoms in total. The lowest BCUT2D eigenvalue weighted by Crippen LogP contribution is -2.32. The molecule has 14 heavy (non-hydrogen) atoms. The number of rotatable bonds is 7. The van der Waals surface area contributed by atoms with Crippen molar-refractivity contribution in [3.8, 4) is 0 Å². The molecule has 1 fully saturated rings. The van der Waals surface area contributed by atoms with Crippen LogP contribution in [0.3, 0.4) is 0 Å². The summed E-state index contributed by atoms with van der Waals surface area (Å²) < 4.78 is 0. The van der Waals surface area contributed by atoms with Gasteiger partial charge >= 0.3 is 0 Å². The number of hydrogen-bond donors (Lipinski definition) is 1. The molecule has 0 unspecified atom stereocenters. The summed E-state index contributed by atoms with van der Waals surface area (Å²) in [5, 5.41) is 0. The van der Waals surface area contributed by atoms with E-state index in [0.717, 1.165) is 24.8 Å². The van der Waals surface area contributed by atoms with Crippen LogP contribution in [-0.2, 0) is 0 Å². The predicted octanol–water partition coefficient (Wildman–Crippen LogP) is 2.03. The van der Waals surface area contributed by atoms with E-state index in [1.807, 2.05) is 0 Å². The van der Waals surface area contributed by atoms with E-state index in [9.17, 15) is 0 Å². The van der Waals surface area contributed by atoms with Gasteiger partial charge in [-0.2, -0.15) is 0 Å². The predicted molar refractivity (Wildman–Crippen MR) is 65.4 cm³/mol. The highest BCUT2D eigenvalue weighted by Crippen LogP contribution is 2.29. The van der Waals surface area contributed by atoms with Gasteiger partial charge in [0, 0.05) is 26.1 Å². The minimum absolute atomic E-state index is 0.648. The molecule has 0 atom stereocenters. The number of nitrogens with zero attached hydrogens (tertiary/aromatic N) is 1. The summed E-state index contributed by atoms with van der Waals surface area (Å²) in [5.41, 5.74) is 5.52. The van der Waals surface area contributed by atoms with Crippen LogP contribution in [0.1, 0.15) is 33.1 Å². The van der Waals surface area contributed by atoms with E-state index >= 15 is 0 Å². The van der Waals surface area contributed by atoms with Crippen LogP contribution in [0.15, 0.2) is 0 Å². The Morgan fingerprint density at radius 1 is 1.50 bits per heavy atom. The van der Waals surface area contributed by atoms with Crippen LogP contribution in [0, 0.1) is 11.8 Å². The van der Waals surface area contributed by atoms with Gasteiger partial charge < -0.3 is 10.6 Å². The Hall–Kier alpha value is -0.150. The molecular formula is C11H22N2S. The van der Waals surface area contributed by atoms with E-state index in [1.165, 1.54) is 25.9 Å². The average molecular weight is 214 g/mol. The van der Waals surface area contributed by atoms with Crippen molar-refractivity contribution in [3.05, 3.63) is 0 Å². The van der Waals surface area contributed by atoms with Crippen LogP contribution >= 0.6 is 12.2 Å². The third-order valence-electron chi connectivity index (χ3n) is 2.51. The molecule has 0 bridgehead atoms. The van der Waals surface area contributed by atoms with Crippen LogP contribution < -0.4 is 5.73 Å². The third kappa shape index (κ3) is 5.55. The molecule has 0 heterocycles. The van der Waals surface area contributed by atoms with Crippen molar-refractivity contribution >= 4 is 17.2 Å². The molecule has 0 aromatic heterocycles. The van der Waals surface area contributed by atoms with Crippen LogP contribution in [0.5, 0.6) is 0 Å². The van der Waals surface area contributed by atoms with Crippen LogP contribution in [0.4, 0.5) is 0 Å². The normalized spacial score (nSPS) is 16.6. The maximum atomic E-state index is 5.52. The lowest BCUT2D eigenvalue weighted by atomic mass is 10.2. The number of nitrogens with two attached hydrogens (primary N) is 1. The topological polar surface area (TPSA) is 29.3 Å². The summed E-state index contributed by atoms with van der Waals surface area (Å²) in [5.74, 6) is 1.69. The van der Waals surface area contributed by atoms with Gasteiger partial charge in [0.15, 0.2) is 0 Å². The zero-order valence-electron chi connectivity index (χ0n) is 9.33. The van der Waals surface area contributed by atoms with Gasteiger partial charge in [-0.1, -0.05) is 26.1 Å². The van der Waals surface area contributed by atoms with Gasteiger partial charge in [-0.3, -0.25) is 0 Å². The molecule has 1 rings (SSSR count). The fourth-order valence-corrected chi connectivity index (χ4v) is 1.80. The molecule has 0 aromatic carbocycles. The number of hydrogen-bond acceptors (Lipinski definition) is 2. The molecule has 1 aliphatic carbocycles. The Morgan fingerprint density at radius 2 is 2.14 bits per heavy atom. The van der Waals surface area contributed by atoms with E-state index < -0.39 is 0 Å². The zero-order chi connectivity index (χ0) is 10.6. The van der Waals surface area contributed by atoms with Crippen LogP contribution in [0.2, 0.25) is 0 Å². The second kappa shape index (κ2) is 5.66. The summed E-state index contributed by atoms with van der Waals surface area (Å²) in [6, 6.07) is 0. The minimum Gasteiger partial charge on any atom is -0.393 e. The monoisotopic (exact) mass is 214 g/mol. The quantitative estimate of drug-likeness (QED) is 0.658. The molecule has 82 valence electrons.